The molecule has 0 spiro atoms. The Morgan fingerprint density at radius 1 is 1.29 bits per heavy atom. The van der Waals surface area contributed by atoms with Crippen LogP contribution < -0.4 is 5.32 Å². The number of aliphatic hydroxyl groups is 1. The van der Waals surface area contributed by atoms with Gasteiger partial charge in [0.25, 0.3) is 5.92 Å². The van der Waals surface area contributed by atoms with Crippen LogP contribution in [0.25, 0.3) is 11.0 Å². The lowest BCUT2D eigenvalue weighted by atomic mass is 9.67. The zero-order valence-electron chi connectivity index (χ0n) is 18.0. The van der Waals surface area contributed by atoms with E-state index in [1.54, 1.807) is 24.5 Å². The fourth-order valence-electron chi connectivity index (χ4n) is 4.56. The number of aromatic nitrogens is 2. The number of hydrogen-bond acceptors (Lipinski definition) is 3. The highest BCUT2D eigenvalue weighted by atomic mass is 19.3. The predicted octanol–water partition coefficient (Wildman–Crippen LogP) is 5.01. The average Bonchev–Trinajstić information content (AvgIpc) is 2.97. The van der Waals surface area contributed by atoms with Gasteiger partial charge in [0.2, 0.25) is 11.9 Å². The first kappa shape index (κ1) is 22.0. The van der Waals surface area contributed by atoms with E-state index in [1.165, 1.54) is 6.07 Å². The Morgan fingerprint density at radius 2 is 1.94 bits per heavy atom. The van der Waals surface area contributed by atoms with Gasteiger partial charge in [0.15, 0.2) is 11.5 Å². The molecule has 2 N–H and O–H groups in total. The molecule has 0 saturated heterocycles. The Kier molecular flexibility index (Phi) is 4.74. The van der Waals surface area contributed by atoms with Crippen LogP contribution in [0.4, 0.5) is 23.5 Å². The van der Waals surface area contributed by atoms with Crippen LogP contribution in [0.1, 0.15) is 65.4 Å². The number of carbonyl (C=O) groups excluding carboxylic acids is 1. The van der Waals surface area contributed by atoms with Crippen molar-refractivity contribution in [1.82, 2.24) is 9.55 Å². The second-order valence-corrected chi connectivity index (χ2v) is 9.94. The topological polar surface area (TPSA) is 67.2 Å². The van der Waals surface area contributed by atoms with Gasteiger partial charge in [-0.25, -0.2) is 22.5 Å². The third kappa shape index (κ3) is 3.41. The number of halogens is 4. The van der Waals surface area contributed by atoms with Gasteiger partial charge in [-0.05, 0) is 64.7 Å². The molecule has 2 aliphatic rings. The third-order valence-electron chi connectivity index (χ3n) is 7.06. The first-order valence-corrected chi connectivity index (χ1v) is 10.5. The smallest absolute Gasteiger partial charge is 0.281 e. The molecule has 4 rings (SSSR count). The van der Waals surface area contributed by atoms with Crippen LogP contribution in [0.3, 0.4) is 0 Å². The maximum atomic E-state index is 14.8. The van der Waals surface area contributed by atoms with Crippen molar-refractivity contribution in [1.29, 1.82) is 0 Å². The fourth-order valence-corrected chi connectivity index (χ4v) is 4.56. The quantitative estimate of drug-likeness (QED) is 0.641. The van der Waals surface area contributed by atoms with Gasteiger partial charge < -0.3 is 9.67 Å². The predicted molar refractivity (Wildman–Crippen MR) is 108 cm³/mol. The lowest BCUT2D eigenvalue weighted by Gasteiger charge is -2.47. The second-order valence-electron chi connectivity index (χ2n) is 9.94. The number of alkyl halides is 3. The highest BCUT2D eigenvalue weighted by Crippen LogP contribution is 2.55. The number of nitrogens with one attached hydrogen (secondary N) is 1. The molecular weight excluding hydrogens is 414 g/mol. The molecule has 1 amide bonds. The molecule has 0 aliphatic heterocycles. The normalized spacial score (nSPS) is 26.9. The number of amides is 1. The minimum atomic E-state index is -3.44. The highest BCUT2D eigenvalue weighted by molar-refractivity contribution is 5.92. The summed E-state index contributed by atoms with van der Waals surface area (Å²) in [4.78, 5) is 16.9. The molecule has 1 aromatic carbocycles. The Hall–Kier alpha value is -2.16. The van der Waals surface area contributed by atoms with Crippen molar-refractivity contribution in [3.8, 4) is 0 Å². The molecule has 1 aromatic heterocycles. The first-order valence-electron chi connectivity index (χ1n) is 10.5. The van der Waals surface area contributed by atoms with Gasteiger partial charge in [-0.2, -0.15) is 0 Å². The molecule has 2 fully saturated rings. The lowest BCUT2D eigenvalue weighted by molar-refractivity contribution is -0.242. The maximum Gasteiger partial charge on any atom is 0.281 e. The van der Waals surface area contributed by atoms with Crippen molar-refractivity contribution in [2.75, 3.05) is 5.32 Å². The van der Waals surface area contributed by atoms with Gasteiger partial charge in [0.05, 0.1) is 11.1 Å². The van der Waals surface area contributed by atoms with E-state index in [4.69, 9.17) is 0 Å². The fraction of sp³-hybridized carbons (Fsp3) is 0.636. The Bertz CT molecular complexity index is 1050. The van der Waals surface area contributed by atoms with Crippen molar-refractivity contribution >= 4 is 22.9 Å². The molecule has 9 heteroatoms. The highest BCUT2D eigenvalue weighted by Gasteiger charge is 2.66. The minimum absolute atomic E-state index is 0.0435. The van der Waals surface area contributed by atoms with Crippen LogP contribution >= 0.6 is 0 Å². The summed E-state index contributed by atoms with van der Waals surface area (Å²) in [6, 6.07) is 2.86. The van der Waals surface area contributed by atoms with E-state index < -0.39 is 53.2 Å². The largest absolute Gasteiger partial charge is 0.386 e. The number of fused-ring (bicyclic) bond motifs is 1. The number of hydrogen-bond donors (Lipinski definition) is 2. The number of nitrogens with zero attached hydrogens (tertiary/aromatic N) is 2. The summed E-state index contributed by atoms with van der Waals surface area (Å²) in [5.41, 5.74) is -3.60. The van der Waals surface area contributed by atoms with Crippen molar-refractivity contribution in [2.45, 2.75) is 82.5 Å². The number of carbonyl (C=O) groups is 1. The minimum Gasteiger partial charge on any atom is -0.386 e. The van der Waals surface area contributed by atoms with Crippen LogP contribution in [0.15, 0.2) is 12.1 Å². The summed E-state index contributed by atoms with van der Waals surface area (Å²) in [6.07, 6.45) is 1.42. The second kappa shape index (κ2) is 6.67. The zero-order valence-corrected chi connectivity index (χ0v) is 18.0. The molecule has 0 bridgehead atoms. The van der Waals surface area contributed by atoms with E-state index in [0.717, 1.165) is 26.2 Å². The van der Waals surface area contributed by atoms with Crippen LogP contribution in [0.2, 0.25) is 0 Å². The number of benzene rings is 1. The maximum absolute atomic E-state index is 14.8. The van der Waals surface area contributed by atoms with Gasteiger partial charge in [0.1, 0.15) is 5.52 Å². The summed E-state index contributed by atoms with van der Waals surface area (Å²) in [5, 5.41) is 12.9. The standard InChI is InChI=1S/C22H27F4N3O2/c1-19(2,31)12-8-14(23)17-15(9-12)29(20(3)6-5-7-20)18(28-17)27-16(30)10-13-11-22(25,26)21(13,4)24/h8-9,13,31H,5-7,10-11H2,1-4H3,(H,27,28,30). The Morgan fingerprint density at radius 3 is 2.42 bits per heavy atom. The summed E-state index contributed by atoms with van der Waals surface area (Å²) in [7, 11) is 0. The van der Waals surface area contributed by atoms with Crippen molar-refractivity contribution in [3.63, 3.8) is 0 Å². The van der Waals surface area contributed by atoms with Gasteiger partial charge in [0, 0.05) is 24.3 Å². The Labute approximate surface area is 177 Å². The summed E-state index contributed by atoms with van der Waals surface area (Å²) in [5.74, 6) is -5.73. The Balaban J connectivity index is 1.70. The number of anilines is 1. The van der Waals surface area contributed by atoms with Crippen LogP contribution in [-0.4, -0.2) is 32.2 Å². The van der Waals surface area contributed by atoms with E-state index in [2.05, 4.69) is 10.3 Å². The van der Waals surface area contributed by atoms with Crippen molar-refractivity contribution < 1.29 is 27.5 Å². The third-order valence-corrected chi connectivity index (χ3v) is 7.06. The van der Waals surface area contributed by atoms with Gasteiger partial charge >= 0.3 is 0 Å². The SMILES string of the molecule is CC(C)(O)c1cc(F)c2nc(NC(=O)CC3CC(F)(F)C3(C)F)n(C3(C)CCC3)c2c1. The van der Waals surface area contributed by atoms with Crippen molar-refractivity contribution in [3.05, 3.63) is 23.5 Å². The molecule has 1 heterocycles. The molecule has 2 aliphatic carbocycles. The van der Waals surface area contributed by atoms with Crippen LogP contribution in [0, 0.1) is 11.7 Å². The molecule has 31 heavy (non-hydrogen) atoms. The molecule has 2 saturated carbocycles. The summed E-state index contributed by atoms with van der Waals surface area (Å²) >= 11 is 0. The van der Waals surface area contributed by atoms with Gasteiger partial charge in [-0.3, -0.25) is 10.1 Å². The molecular formula is C22H27F4N3O2. The molecule has 5 nitrogen and oxygen atoms in total. The van der Waals surface area contributed by atoms with Crippen LogP contribution in [-0.2, 0) is 15.9 Å². The van der Waals surface area contributed by atoms with E-state index in [9.17, 15) is 27.5 Å². The molecule has 2 unspecified atom stereocenters. The average molecular weight is 441 g/mol. The summed E-state index contributed by atoms with van der Waals surface area (Å²) in [6.45, 7) is 5.87. The lowest BCUT2D eigenvalue weighted by Crippen LogP contribution is -2.60. The molecule has 170 valence electrons. The van der Waals surface area contributed by atoms with Crippen LogP contribution in [0.5, 0.6) is 0 Å². The number of rotatable bonds is 5. The molecule has 0 radical (unpaired) electrons. The molecule has 2 atom stereocenters. The van der Waals surface area contributed by atoms with Crippen molar-refractivity contribution in [2.24, 2.45) is 5.92 Å². The zero-order chi connectivity index (χ0) is 23.0. The molecule has 2 aromatic rings. The van der Waals surface area contributed by atoms with Gasteiger partial charge in [-0.1, -0.05) is 0 Å². The monoisotopic (exact) mass is 441 g/mol. The van der Waals surface area contributed by atoms with E-state index in [-0.39, 0.29) is 11.5 Å². The van der Waals surface area contributed by atoms with E-state index >= 15 is 0 Å². The van der Waals surface area contributed by atoms with Gasteiger partial charge in [-0.15, -0.1) is 0 Å². The summed E-state index contributed by atoms with van der Waals surface area (Å²) < 4.78 is 57.7. The van der Waals surface area contributed by atoms with E-state index in [0.29, 0.717) is 11.1 Å². The van der Waals surface area contributed by atoms with E-state index in [1.807, 2.05) is 6.92 Å². The number of imidazole rings is 1. The first-order chi connectivity index (χ1) is 14.2.